The second-order valence-electron chi connectivity index (χ2n) is 4.74. The number of hydrogen-bond donors (Lipinski definition) is 1. The molecule has 1 aromatic carbocycles. The van der Waals surface area contributed by atoms with Gasteiger partial charge in [-0.2, -0.15) is 0 Å². The highest BCUT2D eigenvalue weighted by Crippen LogP contribution is 2.16. The Morgan fingerprint density at radius 2 is 2.05 bits per heavy atom. The normalized spacial score (nSPS) is 20.3. The van der Waals surface area contributed by atoms with E-state index >= 15 is 0 Å². The summed E-state index contributed by atoms with van der Waals surface area (Å²) in [4.78, 5) is 12.9. The highest BCUT2D eigenvalue weighted by atomic mass is 35.5. The van der Waals surface area contributed by atoms with E-state index in [-0.39, 0.29) is 23.8 Å². The number of rotatable bonds is 5. The summed E-state index contributed by atoms with van der Waals surface area (Å²) in [5.74, 6) is -1.14. The largest absolute Gasteiger partial charge is 0.480 e. The molecule has 0 aromatic heterocycles. The molecule has 8 heteroatoms. The van der Waals surface area contributed by atoms with Gasteiger partial charge in [0.15, 0.2) is 9.84 Å². The second kappa shape index (κ2) is 6.74. The summed E-state index contributed by atoms with van der Waals surface area (Å²) in [7, 11) is -3.46. The molecule has 1 saturated heterocycles. The Balaban J connectivity index is 2.03. The zero-order chi connectivity index (χ0) is 15.5. The van der Waals surface area contributed by atoms with Gasteiger partial charge in [0, 0.05) is 18.1 Å². The van der Waals surface area contributed by atoms with Gasteiger partial charge in [0.2, 0.25) is 0 Å². The summed E-state index contributed by atoms with van der Waals surface area (Å²) in [6.07, 6.45) is 0. The molecule has 0 amide bonds. The maximum absolute atomic E-state index is 12.2. The number of morpholine rings is 1. The molecule has 1 aliphatic heterocycles. The van der Waals surface area contributed by atoms with Gasteiger partial charge in [0.05, 0.1) is 23.9 Å². The monoisotopic (exact) mass is 333 g/mol. The van der Waals surface area contributed by atoms with E-state index in [4.69, 9.17) is 21.4 Å². The van der Waals surface area contributed by atoms with Crippen molar-refractivity contribution in [3.05, 3.63) is 29.3 Å². The Morgan fingerprint density at radius 1 is 1.38 bits per heavy atom. The van der Waals surface area contributed by atoms with Gasteiger partial charge >= 0.3 is 5.97 Å². The molecule has 21 heavy (non-hydrogen) atoms. The number of halogens is 1. The van der Waals surface area contributed by atoms with E-state index in [1.54, 1.807) is 4.90 Å². The van der Waals surface area contributed by atoms with Crippen molar-refractivity contribution >= 4 is 27.4 Å². The summed E-state index contributed by atoms with van der Waals surface area (Å²) in [5, 5.41) is 9.57. The van der Waals surface area contributed by atoms with Gasteiger partial charge in [-0.3, -0.25) is 9.69 Å². The third-order valence-electron chi connectivity index (χ3n) is 3.34. The molecular formula is C13H16ClNO5S. The van der Waals surface area contributed by atoms with Crippen LogP contribution in [0.1, 0.15) is 0 Å². The molecule has 116 valence electrons. The van der Waals surface area contributed by atoms with Crippen molar-refractivity contribution in [2.45, 2.75) is 10.9 Å². The molecule has 1 heterocycles. The smallest absolute Gasteiger partial charge is 0.323 e. The Labute approximate surface area is 128 Å². The molecule has 1 unspecified atom stereocenters. The molecule has 0 radical (unpaired) electrons. The lowest BCUT2D eigenvalue weighted by atomic mass is 10.2. The predicted octanol–water partition coefficient (Wildman–Crippen LogP) is 0.899. The van der Waals surface area contributed by atoms with Crippen LogP contribution in [0.4, 0.5) is 0 Å². The zero-order valence-electron chi connectivity index (χ0n) is 11.2. The SMILES string of the molecule is O=C(O)C1COCCN1CCS(=O)(=O)c1ccc(Cl)cc1. The first-order valence-electron chi connectivity index (χ1n) is 6.43. The first-order chi connectivity index (χ1) is 9.90. The average molecular weight is 334 g/mol. The number of carboxylic acids is 1. The maximum Gasteiger partial charge on any atom is 0.323 e. The Hall–Kier alpha value is -1.15. The van der Waals surface area contributed by atoms with Crippen LogP contribution in [0.3, 0.4) is 0 Å². The summed E-state index contributed by atoms with van der Waals surface area (Å²) >= 11 is 5.73. The van der Waals surface area contributed by atoms with E-state index in [1.807, 2.05) is 0 Å². The van der Waals surface area contributed by atoms with Crippen molar-refractivity contribution in [3.63, 3.8) is 0 Å². The average Bonchev–Trinajstić information content (AvgIpc) is 2.46. The van der Waals surface area contributed by atoms with Crippen molar-refractivity contribution in [2.24, 2.45) is 0 Å². The van der Waals surface area contributed by atoms with Crippen LogP contribution in [-0.4, -0.2) is 62.5 Å². The number of nitrogens with zero attached hydrogens (tertiary/aromatic N) is 1. The molecule has 1 aliphatic rings. The third-order valence-corrected chi connectivity index (χ3v) is 5.31. The van der Waals surface area contributed by atoms with E-state index in [0.717, 1.165) is 0 Å². The molecule has 1 N–H and O–H groups in total. The molecule has 0 spiro atoms. The predicted molar refractivity (Wildman–Crippen MR) is 77.3 cm³/mol. The van der Waals surface area contributed by atoms with Gasteiger partial charge in [-0.1, -0.05) is 11.6 Å². The Kier molecular flexibility index (Phi) is 5.21. The number of hydrogen-bond acceptors (Lipinski definition) is 5. The molecule has 6 nitrogen and oxygen atoms in total. The summed E-state index contributed by atoms with van der Waals surface area (Å²) in [5.41, 5.74) is 0. The van der Waals surface area contributed by atoms with Gasteiger partial charge in [-0.25, -0.2) is 8.42 Å². The standard InChI is InChI=1S/C13H16ClNO5S/c14-10-1-3-11(4-2-10)21(18,19)8-6-15-5-7-20-9-12(15)13(16)17/h1-4,12H,5-9H2,(H,16,17). The molecule has 0 bridgehead atoms. The number of benzene rings is 1. The van der Waals surface area contributed by atoms with Crippen LogP contribution in [-0.2, 0) is 19.4 Å². The number of carbonyl (C=O) groups is 1. The Morgan fingerprint density at radius 3 is 2.67 bits per heavy atom. The molecular weight excluding hydrogens is 318 g/mol. The quantitative estimate of drug-likeness (QED) is 0.862. The van der Waals surface area contributed by atoms with Crippen molar-refractivity contribution in [3.8, 4) is 0 Å². The first kappa shape index (κ1) is 16.2. The fourth-order valence-corrected chi connectivity index (χ4v) is 3.52. The van der Waals surface area contributed by atoms with Crippen LogP contribution in [0.2, 0.25) is 5.02 Å². The zero-order valence-corrected chi connectivity index (χ0v) is 12.8. The highest BCUT2D eigenvalue weighted by Gasteiger charge is 2.30. The van der Waals surface area contributed by atoms with Crippen LogP contribution < -0.4 is 0 Å². The van der Waals surface area contributed by atoms with Crippen LogP contribution >= 0.6 is 11.6 Å². The lowest BCUT2D eigenvalue weighted by Crippen LogP contribution is -2.51. The second-order valence-corrected chi connectivity index (χ2v) is 7.28. The number of sulfone groups is 1. The first-order valence-corrected chi connectivity index (χ1v) is 8.46. The molecule has 0 aliphatic carbocycles. The van der Waals surface area contributed by atoms with E-state index in [1.165, 1.54) is 24.3 Å². The lowest BCUT2D eigenvalue weighted by Gasteiger charge is -2.32. The Bertz CT molecular complexity index is 601. The van der Waals surface area contributed by atoms with Gasteiger partial charge in [-0.05, 0) is 24.3 Å². The summed E-state index contributed by atoms with van der Waals surface area (Å²) in [6.45, 7) is 1.06. The van der Waals surface area contributed by atoms with Crippen molar-refractivity contribution < 1.29 is 23.1 Å². The van der Waals surface area contributed by atoms with Crippen molar-refractivity contribution in [1.29, 1.82) is 0 Å². The van der Waals surface area contributed by atoms with E-state index < -0.39 is 21.8 Å². The van der Waals surface area contributed by atoms with Gasteiger partial charge in [0.25, 0.3) is 0 Å². The minimum Gasteiger partial charge on any atom is -0.480 e. The van der Waals surface area contributed by atoms with Crippen molar-refractivity contribution in [2.75, 3.05) is 32.1 Å². The molecule has 0 saturated carbocycles. The molecule has 1 aromatic rings. The number of aliphatic carboxylic acids is 1. The molecule has 2 rings (SSSR count). The van der Waals surface area contributed by atoms with Crippen LogP contribution in [0.25, 0.3) is 0 Å². The lowest BCUT2D eigenvalue weighted by molar-refractivity contribution is -0.149. The van der Waals surface area contributed by atoms with Crippen LogP contribution in [0.5, 0.6) is 0 Å². The minimum absolute atomic E-state index is 0.0797. The van der Waals surface area contributed by atoms with Gasteiger partial charge < -0.3 is 9.84 Å². The topological polar surface area (TPSA) is 83.9 Å². The van der Waals surface area contributed by atoms with Crippen LogP contribution in [0, 0.1) is 0 Å². The number of ether oxygens (including phenoxy) is 1. The van der Waals surface area contributed by atoms with Crippen molar-refractivity contribution in [1.82, 2.24) is 4.90 Å². The molecule has 1 fully saturated rings. The molecule has 1 atom stereocenters. The highest BCUT2D eigenvalue weighted by molar-refractivity contribution is 7.91. The fraction of sp³-hybridized carbons (Fsp3) is 0.462. The fourth-order valence-electron chi connectivity index (χ4n) is 2.13. The summed E-state index contributed by atoms with van der Waals surface area (Å²) < 4.78 is 29.5. The maximum atomic E-state index is 12.2. The van der Waals surface area contributed by atoms with Gasteiger partial charge in [-0.15, -0.1) is 0 Å². The third kappa shape index (κ3) is 4.16. The van der Waals surface area contributed by atoms with E-state index in [0.29, 0.717) is 18.2 Å². The minimum atomic E-state index is -3.46. The van der Waals surface area contributed by atoms with Crippen LogP contribution in [0.15, 0.2) is 29.2 Å². The van der Waals surface area contributed by atoms with E-state index in [2.05, 4.69) is 0 Å². The van der Waals surface area contributed by atoms with Gasteiger partial charge in [0.1, 0.15) is 6.04 Å². The summed E-state index contributed by atoms with van der Waals surface area (Å²) in [6, 6.07) is 5.14. The number of carboxylic acid groups (broad SMARTS) is 1. The van der Waals surface area contributed by atoms with E-state index in [9.17, 15) is 13.2 Å².